The molecule has 0 bridgehead atoms. The molecule has 0 saturated heterocycles. The van der Waals surface area contributed by atoms with Crippen LogP contribution in [-0.2, 0) is 4.79 Å². The minimum Gasteiger partial charge on any atom is -0.497 e. The lowest BCUT2D eigenvalue weighted by Gasteiger charge is -2.11. The standard InChI is InChI=1S/C14H21NO4/c1-11(7-8-16)9-15-14(17)10-19-13-5-3-12(18-2)4-6-13/h3-6,11,16H,7-10H2,1-2H3,(H,15,17). The second kappa shape index (κ2) is 8.37. The Hall–Kier alpha value is -1.75. The summed E-state index contributed by atoms with van der Waals surface area (Å²) in [6.45, 7) is 2.64. The van der Waals surface area contributed by atoms with Crippen molar-refractivity contribution in [2.75, 3.05) is 26.9 Å². The van der Waals surface area contributed by atoms with Gasteiger partial charge in [0.15, 0.2) is 6.61 Å². The van der Waals surface area contributed by atoms with E-state index >= 15 is 0 Å². The van der Waals surface area contributed by atoms with Gasteiger partial charge in [-0.2, -0.15) is 0 Å². The zero-order valence-electron chi connectivity index (χ0n) is 11.4. The van der Waals surface area contributed by atoms with Gasteiger partial charge in [0.05, 0.1) is 7.11 Å². The number of amides is 1. The Kier molecular flexibility index (Phi) is 6.74. The van der Waals surface area contributed by atoms with E-state index in [9.17, 15) is 4.79 Å². The van der Waals surface area contributed by atoms with Gasteiger partial charge in [-0.05, 0) is 36.6 Å². The third kappa shape index (κ3) is 6.10. The molecule has 0 spiro atoms. The maximum atomic E-state index is 11.5. The van der Waals surface area contributed by atoms with E-state index in [1.165, 1.54) is 0 Å². The van der Waals surface area contributed by atoms with E-state index < -0.39 is 0 Å². The highest BCUT2D eigenvalue weighted by Crippen LogP contribution is 2.16. The van der Waals surface area contributed by atoms with E-state index in [0.29, 0.717) is 18.7 Å². The van der Waals surface area contributed by atoms with Crippen LogP contribution in [0, 0.1) is 5.92 Å². The number of benzene rings is 1. The monoisotopic (exact) mass is 267 g/mol. The van der Waals surface area contributed by atoms with Gasteiger partial charge >= 0.3 is 0 Å². The molecular formula is C14H21NO4. The van der Waals surface area contributed by atoms with Crippen molar-refractivity contribution < 1.29 is 19.4 Å². The first-order chi connectivity index (χ1) is 9.15. The predicted molar refractivity (Wildman–Crippen MR) is 72.4 cm³/mol. The van der Waals surface area contributed by atoms with Crippen molar-refractivity contribution in [2.45, 2.75) is 13.3 Å². The van der Waals surface area contributed by atoms with Gasteiger partial charge in [0.2, 0.25) is 0 Å². The summed E-state index contributed by atoms with van der Waals surface area (Å²) in [5.74, 6) is 1.46. The number of carbonyl (C=O) groups is 1. The first kappa shape index (κ1) is 15.3. The fraction of sp³-hybridized carbons (Fsp3) is 0.500. The average Bonchev–Trinajstić information content (AvgIpc) is 2.44. The van der Waals surface area contributed by atoms with E-state index in [4.69, 9.17) is 14.6 Å². The van der Waals surface area contributed by atoms with Crippen LogP contribution in [0.4, 0.5) is 0 Å². The zero-order chi connectivity index (χ0) is 14.1. The lowest BCUT2D eigenvalue weighted by molar-refractivity contribution is -0.123. The summed E-state index contributed by atoms with van der Waals surface area (Å²) in [4.78, 5) is 11.5. The van der Waals surface area contributed by atoms with Crippen molar-refractivity contribution >= 4 is 5.91 Å². The van der Waals surface area contributed by atoms with Crippen LogP contribution < -0.4 is 14.8 Å². The van der Waals surface area contributed by atoms with E-state index in [1.54, 1.807) is 31.4 Å². The van der Waals surface area contributed by atoms with Gasteiger partial charge in [-0.3, -0.25) is 4.79 Å². The molecule has 106 valence electrons. The summed E-state index contributed by atoms with van der Waals surface area (Å²) >= 11 is 0. The first-order valence-electron chi connectivity index (χ1n) is 6.30. The van der Waals surface area contributed by atoms with Crippen molar-refractivity contribution in [1.29, 1.82) is 0 Å². The number of carbonyl (C=O) groups excluding carboxylic acids is 1. The van der Waals surface area contributed by atoms with Gasteiger partial charge in [-0.15, -0.1) is 0 Å². The van der Waals surface area contributed by atoms with Crippen LogP contribution in [0.2, 0.25) is 0 Å². The van der Waals surface area contributed by atoms with Gasteiger partial charge in [0, 0.05) is 13.2 Å². The minimum absolute atomic E-state index is 0.0157. The van der Waals surface area contributed by atoms with Crippen molar-refractivity contribution in [3.05, 3.63) is 24.3 Å². The molecule has 0 aliphatic rings. The van der Waals surface area contributed by atoms with E-state index in [-0.39, 0.29) is 25.0 Å². The van der Waals surface area contributed by atoms with Gasteiger partial charge in [0.25, 0.3) is 5.91 Å². The summed E-state index contributed by atoms with van der Waals surface area (Å²) in [6.07, 6.45) is 0.680. The Morgan fingerprint density at radius 2 is 1.95 bits per heavy atom. The zero-order valence-corrected chi connectivity index (χ0v) is 11.4. The highest BCUT2D eigenvalue weighted by molar-refractivity contribution is 5.77. The molecule has 5 nitrogen and oxygen atoms in total. The van der Waals surface area contributed by atoms with Crippen molar-refractivity contribution in [3.63, 3.8) is 0 Å². The third-order valence-corrected chi connectivity index (χ3v) is 2.70. The van der Waals surface area contributed by atoms with Crippen LogP contribution in [0.3, 0.4) is 0 Å². The fourth-order valence-corrected chi connectivity index (χ4v) is 1.48. The molecule has 0 aliphatic heterocycles. The van der Waals surface area contributed by atoms with Crippen LogP contribution in [0.5, 0.6) is 11.5 Å². The lowest BCUT2D eigenvalue weighted by atomic mass is 10.1. The van der Waals surface area contributed by atoms with Crippen molar-refractivity contribution in [2.24, 2.45) is 5.92 Å². The molecular weight excluding hydrogens is 246 g/mol. The predicted octanol–water partition coefficient (Wildman–Crippen LogP) is 1.21. The summed E-state index contributed by atoms with van der Waals surface area (Å²) < 4.78 is 10.4. The molecule has 1 rings (SSSR count). The Balaban J connectivity index is 2.25. The topological polar surface area (TPSA) is 67.8 Å². The molecule has 0 fully saturated rings. The van der Waals surface area contributed by atoms with E-state index in [1.807, 2.05) is 6.92 Å². The van der Waals surface area contributed by atoms with Gasteiger partial charge in [0.1, 0.15) is 11.5 Å². The third-order valence-electron chi connectivity index (χ3n) is 2.70. The number of methoxy groups -OCH3 is 1. The normalized spacial score (nSPS) is 11.7. The molecule has 1 amide bonds. The minimum atomic E-state index is -0.166. The molecule has 1 aromatic carbocycles. The number of hydrogen-bond acceptors (Lipinski definition) is 4. The fourth-order valence-electron chi connectivity index (χ4n) is 1.48. The van der Waals surface area contributed by atoms with E-state index in [2.05, 4.69) is 5.32 Å². The second-order valence-electron chi connectivity index (χ2n) is 4.39. The molecule has 2 N–H and O–H groups in total. The van der Waals surface area contributed by atoms with Gasteiger partial charge in [-0.25, -0.2) is 0 Å². The number of hydrogen-bond donors (Lipinski definition) is 2. The summed E-state index contributed by atoms with van der Waals surface area (Å²) in [7, 11) is 1.59. The Morgan fingerprint density at radius 1 is 1.32 bits per heavy atom. The number of rotatable bonds is 8. The highest BCUT2D eigenvalue weighted by atomic mass is 16.5. The highest BCUT2D eigenvalue weighted by Gasteiger charge is 2.06. The second-order valence-corrected chi connectivity index (χ2v) is 4.39. The molecule has 1 aromatic rings. The number of aliphatic hydroxyl groups excluding tert-OH is 1. The maximum absolute atomic E-state index is 11.5. The van der Waals surface area contributed by atoms with Crippen molar-refractivity contribution in [3.8, 4) is 11.5 Å². The smallest absolute Gasteiger partial charge is 0.257 e. The van der Waals surface area contributed by atoms with Crippen LogP contribution in [0.1, 0.15) is 13.3 Å². The maximum Gasteiger partial charge on any atom is 0.257 e. The largest absolute Gasteiger partial charge is 0.497 e. The SMILES string of the molecule is COc1ccc(OCC(=O)NCC(C)CCO)cc1. The summed E-state index contributed by atoms with van der Waals surface area (Å²) in [5.41, 5.74) is 0. The lowest BCUT2D eigenvalue weighted by Crippen LogP contribution is -2.32. The molecule has 5 heteroatoms. The average molecular weight is 267 g/mol. The molecule has 1 unspecified atom stereocenters. The molecule has 0 aromatic heterocycles. The van der Waals surface area contributed by atoms with Crippen LogP contribution in [0.25, 0.3) is 0 Å². The molecule has 0 saturated carbocycles. The summed E-state index contributed by atoms with van der Waals surface area (Å²) in [6, 6.07) is 7.05. The molecule has 0 radical (unpaired) electrons. The number of aliphatic hydroxyl groups is 1. The van der Waals surface area contributed by atoms with Crippen LogP contribution in [0.15, 0.2) is 24.3 Å². The summed E-state index contributed by atoms with van der Waals surface area (Å²) in [5, 5.41) is 11.5. The molecule has 0 heterocycles. The Labute approximate surface area is 113 Å². The molecule has 19 heavy (non-hydrogen) atoms. The molecule has 0 aliphatic carbocycles. The Bertz CT molecular complexity index is 378. The molecule has 1 atom stereocenters. The van der Waals surface area contributed by atoms with Crippen LogP contribution in [-0.4, -0.2) is 37.9 Å². The Morgan fingerprint density at radius 3 is 2.53 bits per heavy atom. The van der Waals surface area contributed by atoms with Crippen molar-refractivity contribution in [1.82, 2.24) is 5.32 Å². The first-order valence-corrected chi connectivity index (χ1v) is 6.30. The number of nitrogens with one attached hydrogen (secondary N) is 1. The number of ether oxygens (including phenoxy) is 2. The quantitative estimate of drug-likeness (QED) is 0.743. The van der Waals surface area contributed by atoms with Crippen LogP contribution >= 0.6 is 0 Å². The van der Waals surface area contributed by atoms with E-state index in [0.717, 1.165) is 5.75 Å². The van der Waals surface area contributed by atoms with Gasteiger partial charge in [-0.1, -0.05) is 6.92 Å². The van der Waals surface area contributed by atoms with Gasteiger partial charge < -0.3 is 19.9 Å².